The highest BCUT2D eigenvalue weighted by atomic mass is 19.4. The van der Waals surface area contributed by atoms with Crippen molar-refractivity contribution in [2.45, 2.75) is 13.1 Å². The van der Waals surface area contributed by atoms with Crippen molar-refractivity contribution >= 4 is 5.78 Å². The first kappa shape index (κ1) is 8.76. The van der Waals surface area contributed by atoms with E-state index in [9.17, 15) is 18.0 Å². The Morgan fingerprint density at radius 3 is 2.42 bits per heavy atom. The second kappa shape index (κ2) is 2.62. The van der Waals surface area contributed by atoms with Gasteiger partial charge >= 0.3 is 6.18 Å². The fourth-order valence-electron chi connectivity index (χ4n) is 0.647. The molecule has 0 atom stereocenters. The number of nitrogens with one attached hydrogen (secondary N) is 1. The summed E-state index contributed by atoms with van der Waals surface area (Å²) in [6, 6.07) is 0.683. The van der Waals surface area contributed by atoms with E-state index in [2.05, 4.69) is 5.10 Å². The predicted molar refractivity (Wildman–Crippen MR) is 33.6 cm³/mol. The number of halogens is 3. The van der Waals surface area contributed by atoms with Crippen LogP contribution in [-0.2, 0) is 6.18 Å². The number of aromatic nitrogens is 2. The van der Waals surface area contributed by atoms with Crippen molar-refractivity contribution < 1.29 is 18.0 Å². The van der Waals surface area contributed by atoms with Crippen LogP contribution in [0.1, 0.15) is 23.1 Å². The van der Waals surface area contributed by atoms with Crippen LogP contribution >= 0.6 is 0 Å². The van der Waals surface area contributed by atoms with Gasteiger partial charge in [-0.2, -0.15) is 18.3 Å². The lowest BCUT2D eigenvalue weighted by Crippen LogP contribution is -2.04. The predicted octanol–water partition coefficient (Wildman–Crippen LogP) is 1.63. The molecule has 0 unspecified atom stereocenters. The number of carbonyl (C=O) groups excluding carboxylic acids is 1. The van der Waals surface area contributed by atoms with E-state index in [1.807, 2.05) is 0 Å². The third kappa shape index (κ3) is 1.63. The highest BCUT2D eigenvalue weighted by molar-refractivity contribution is 5.92. The third-order valence-corrected chi connectivity index (χ3v) is 1.24. The fraction of sp³-hybridized carbons (Fsp3) is 0.333. The average Bonchev–Trinajstić information content (AvgIpc) is 2.30. The van der Waals surface area contributed by atoms with Crippen molar-refractivity contribution in [2.24, 2.45) is 0 Å². The lowest BCUT2D eigenvalue weighted by molar-refractivity contribution is -0.141. The van der Waals surface area contributed by atoms with E-state index in [1.165, 1.54) is 0 Å². The summed E-state index contributed by atoms with van der Waals surface area (Å²) in [6.45, 7) is 1.15. The molecule has 0 saturated heterocycles. The van der Waals surface area contributed by atoms with E-state index in [0.29, 0.717) is 6.07 Å². The van der Waals surface area contributed by atoms with E-state index >= 15 is 0 Å². The lowest BCUT2D eigenvalue weighted by atomic mass is 10.3. The molecule has 1 rings (SSSR count). The molecule has 1 N–H and O–H groups in total. The second-order valence-electron chi connectivity index (χ2n) is 2.22. The van der Waals surface area contributed by atoms with Crippen LogP contribution < -0.4 is 0 Å². The molecule has 0 saturated carbocycles. The molecule has 6 heteroatoms. The van der Waals surface area contributed by atoms with Crippen LogP contribution in [0.3, 0.4) is 0 Å². The van der Waals surface area contributed by atoms with E-state index in [1.54, 1.807) is 5.10 Å². The van der Waals surface area contributed by atoms with Crippen molar-refractivity contribution in [3.05, 3.63) is 17.5 Å². The molecule has 1 aromatic rings. The SMILES string of the molecule is CC(=O)c1cc(C(F)(F)F)[nH]n1. The second-order valence-corrected chi connectivity index (χ2v) is 2.22. The zero-order valence-corrected chi connectivity index (χ0v) is 6.07. The summed E-state index contributed by atoms with van der Waals surface area (Å²) in [5.41, 5.74) is -1.21. The van der Waals surface area contributed by atoms with Crippen molar-refractivity contribution in [1.82, 2.24) is 10.2 Å². The smallest absolute Gasteiger partial charge is 0.293 e. The van der Waals surface area contributed by atoms with Gasteiger partial charge in [-0.1, -0.05) is 0 Å². The Morgan fingerprint density at radius 2 is 2.17 bits per heavy atom. The van der Waals surface area contributed by atoms with Gasteiger partial charge in [0.05, 0.1) is 0 Å². The van der Waals surface area contributed by atoms with Crippen LogP contribution in [-0.4, -0.2) is 16.0 Å². The Bertz CT molecular complexity index is 302. The number of H-pyrrole nitrogens is 1. The molecular formula is C6H5F3N2O. The molecule has 3 nitrogen and oxygen atoms in total. The van der Waals surface area contributed by atoms with Gasteiger partial charge in [-0.3, -0.25) is 9.89 Å². The number of alkyl halides is 3. The van der Waals surface area contributed by atoms with Crippen LogP contribution in [0.2, 0.25) is 0 Å². The molecule has 66 valence electrons. The van der Waals surface area contributed by atoms with E-state index in [-0.39, 0.29) is 5.69 Å². The highest BCUT2D eigenvalue weighted by Gasteiger charge is 2.33. The highest BCUT2D eigenvalue weighted by Crippen LogP contribution is 2.27. The number of hydrogen-bond donors (Lipinski definition) is 1. The van der Waals surface area contributed by atoms with Crippen LogP contribution in [0.25, 0.3) is 0 Å². The number of rotatable bonds is 1. The van der Waals surface area contributed by atoms with Crippen LogP contribution in [0.15, 0.2) is 6.07 Å². The first-order chi connectivity index (χ1) is 5.41. The molecule has 0 bridgehead atoms. The Kier molecular flexibility index (Phi) is 1.91. The maximum absolute atomic E-state index is 11.9. The average molecular weight is 178 g/mol. The standard InChI is InChI=1S/C6H5F3N2O/c1-3(12)4-2-5(11-10-4)6(7,8)9/h2H,1H3,(H,10,11). The van der Waals surface area contributed by atoms with E-state index in [0.717, 1.165) is 6.92 Å². The minimum absolute atomic E-state index is 0.206. The van der Waals surface area contributed by atoms with Gasteiger partial charge in [0, 0.05) is 6.92 Å². The summed E-state index contributed by atoms with van der Waals surface area (Å²) in [5.74, 6) is -0.498. The van der Waals surface area contributed by atoms with Gasteiger partial charge < -0.3 is 0 Å². The molecule has 0 fully saturated rings. The molecule has 0 radical (unpaired) electrons. The Morgan fingerprint density at radius 1 is 1.58 bits per heavy atom. The van der Waals surface area contributed by atoms with Crippen molar-refractivity contribution in [2.75, 3.05) is 0 Å². The lowest BCUT2D eigenvalue weighted by Gasteiger charge is -1.99. The Labute approximate surface area is 65.6 Å². The molecule has 0 aliphatic rings. The first-order valence-corrected chi connectivity index (χ1v) is 3.05. The summed E-state index contributed by atoms with van der Waals surface area (Å²) >= 11 is 0. The van der Waals surface area contributed by atoms with Gasteiger partial charge in [-0.05, 0) is 6.07 Å². The summed E-state index contributed by atoms with van der Waals surface area (Å²) < 4.78 is 35.6. The zero-order chi connectivity index (χ0) is 9.35. The largest absolute Gasteiger partial charge is 0.432 e. The van der Waals surface area contributed by atoms with Crippen molar-refractivity contribution in [3.63, 3.8) is 0 Å². The topological polar surface area (TPSA) is 45.8 Å². The molecule has 12 heavy (non-hydrogen) atoms. The van der Waals surface area contributed by atoms with Crippen LogP contribution in [0.4, 0.5) is 13.2 Å². The monoisotopic (exact) mass is 178 g/mol. The summed E-state index contributed by atoms with van der Waals surface area (Å²) in [6.07, 6.45) is -4.47. The molecule has 1 aromatic heterocycles. The van der Waals surface area contributed by atoms with Gasteiger partial charge in [-0.15, -0.1) is 0 Å². The quantitative estimate of drug-likeness (QED) is 0.664. The van der Waals surface area contributed by atoms with Crippen LogP contribution in [0, 0.1) is 0 Å². The number of hydrogen-bond acceptors (Lipinski definition) is 2. The Hall–Kier alpha value is -1.33. The number of ketones is 1. The van der Waals surface area contributed by atoms with Crippen molar-refractivity contribution in [1.29, 1.82) is 0 Å². The van der Waals surface area contributed by atoms with Gasteiger partial charge in [0.2, 0.25) is 0 Å². The summed E-state index contributed by atoms with van der Waals surface area (Å²) in [4.78, 5) is 10.5. The molecular weight excluding hydrogens is 173 g/mol. The first-order valence-electron chi connectivity index (χ1n) is 3.05. The maximum Gasteiger partial charge on any atom is 0.432 e. The normalized spacial score (nSPS) is 11.7. The number of Topliss-reactive ketones (excluding diaryl/α,β-unsaturated/α-hetero) is 1. The van der Waals surface area contributed by atoms with Gasteiger partial charge in [-0.25, -0.2) is 0 Å². The van der Waals surface area contributed by atoms with Gasteiger partial charge in [0.15, 0.2) is 5.78 Å². The Balaban J connectivity index is 3.00. The van der Waals surface area contributed by atoms with Gasteiger partial charge in [0.1, 0.15) is 11.4 Å². The number of nitrogens with zero attached hydrogens (tertiary/aromatic N) is 1. The van der Waals surface area contributed by atoms with Gasteiger partial charge in [0.25, 0.3) is 0 Å². The molecule has 0 spiro atoms. The van der Waals surface area contributed by atoms with Crippen LogP contribution in [0.5, 0.6) is 0 Å². The minimum Gasteiger partial charge on any atom is -0.293 e. The maximum atomic E-state index is 11.9. The van der Waals surface area contributed by atoms with Crippen molar-refractivity contribution in [3.8, 4) is 0 Å². The minimum atomic E-state index is -4.47. The van der Waals surface area contributed by atoms with E-state index < -0.39 is 17.7 Å². The number of carbonyl (C=O) groups is 1. The summed E-state index contributed by atoms with van der Waals surface area (Å²) in [7, 11) is 0. The van der Waals surface area contributed by atoms with E-state index in [4.69, 9.17) is 0 Å². The molecule has 0 amide bonds. The number of aromatic amines is 1. The third-order valence-electron chi connectivity index (χ3n) is 1.24. The molecule has 1 heterocycles. The molecule has 0 aromatic carbocycles. The summed E-state index contributed by atoms with van der Waals surface area (Å²) in [5, 5.41) is 4.92. The molecule has 0 aliphatic carbocycles. The zero-order valence-electron chi connectivity index (χ0n) is 6.07. The fourth-order valence-corrected chi connectivity index (χ4v) is 0.647. The molecule has 0 aliphatic heterocycles.